The van der Waals surface area contributed by atoms with Crippen molar-refractivity contribution in [2.45, 2.75) is 13.8 Å². The first-order valence-corrected chi connectivity index (χ1v) is 6.37. The molecule has 0 spiro atoms. The maximum Gasteiger partial charge on any atom is 0.193 e. The monoisotopic (exact) mass is 274 g/mol. The minimum atomic E-state index is -0.0137. The van der Waals surface area contributed by atoms with Crippen molar-refractivity contribution in [1.29, 1.82) is 0 Å². The molecule has 0 aliphatic carbocycles. The molecule has 0 saturated heterocycles. The molecule has 0 saturated carbocycles. The number of carbonyl (C=O) groups is 1. The van der Waals surface area contributed by atoms with Crippen molar-refractivity contribution in [3.63, 3.8) is 0 Å². The van der Waals surface area contributed by atoms with Gasteiger partial charge in [0.15, 0.2) is 5.78 Å². The summed E-state index contributed by atoms with van der Waals surface area (Å²) in [5.74, 6) is 0.585. The minimum absolute atomic E-state index is 0.0137. The molecule has 2 aromatic carbocycles. The van der Waals surface area contributed by atoms with Gasteiger partial charge in [-0.3, -0.25) is 4.79 Å². The van der Waals surface area contributed by atoms with E-state index in [1.165, 1.54) is 0 Å². The predicted molar refractivity (Wildman–Crippen MR) is 77.4 cm³/mol. The number of rotatable bonds is 3. The van der Waals surface area contributed by atoms with E-state index in [1.54, 1.807) is 25.3 Å². The van der Waals surface area contributed by atoms with Gasteiger partial charge in [0.2, 0.25) is 0 Å². The first-order valence-electron chi connectivity index (χ1n) is 5.99. The maximum absolute atomic E-state index is 12.5. The van der Waals surface area contributed by atoms with Gasteiger partial charge in [0.05, 0.1) is 12.1 Å². The van der Waals surface area contributed by atoms with Gasteiger partial charge < -0.3 is 4.74 Å². The van der Waals surface area contributed by atoms with Crippen LogP contribution < -0.4 is 4.74 Å². The highest BCUT2D eigenvalue weighted by Gasteiger charge is 2.19. The summed E-state index contributed by atoms with van der Waals surface area (Å²) < 4.78 is 5.20. The van der Waals surface area contributed by atoms with Crippen molar-refractivity contribution < 1.29 is 9.53 Å². The minimum Gasteiger partial charge on any atom is -0.495 e. The van der Waals surface area contributed by atoms with Crippen molar-refractivity contribution in [2.24, 2.45) is 0 Å². The number of halogens is 1. The van der Waals surface area contributed by atoms with Crippen LogP contribution in [0, 0.1) is 13.8 Å². The number of methoxy groups -OCH3 is 1. The maximum atomic E-state index is 12.5. The summed E-state index contributed by atoms with van der Waals surface area (Å²) >= 11 is 6.22. The fourth-order valence-electron chi connectivity index (χ4n) is 2.15. The number of aryl methyl sites for hydroxylation is 1. The van der Waals surface area contributed by atoms with E-state index >= 15 is 0 Å². The van der Waals surface area contributed by atoms with Crippen LogP contribution in [0.4, 0.5) is 0 Å². The van der Waals surface area contributed by atoms with Crippen molar-refractivity contribution in [1.82, 2.24) is 0 Å². The molecular weight excluding hydrogens is 260 g/mol. The molecule has 0 N–H and O–H groups in total. The lowest BCUT2D eigenvalue weighted by molar-refractivity contribution is 0.103. The zero-order valence-corrected chi connectivity index (χ0v) is 11.9. The molecule has 2 rings (SSSR count). The summed E-state index contributed by atoms with van der Waals surface area (Å²) in [6.45, 7) is 3.73. The Morgan fingerprint density at radius 3 is 2.37 bits per heavy atom. The van der Waals surface area contributed by atoms with Crippen LogP contribution in [-0.2, 0) is 0 Å². The van der Waals surface area contributed by atoms with Gasteiger partial charge >= 0.3 is 0 Å². The summed E-state index contributed by atoms with van der Waals surface area (Å²) in [6, 6.07) is 11.0. The first kappa shape index (κ1) is 13.6. The molecule has 3 heteroatoms. The zero-order chi connectivity index (χ0) is 14.0. The Morgan fingerprint density at radius 1 is 1.16 bits per heavy atom. The van der Waals surface area contributed by atoms with Gasteiger partial charge in [-0.1, -0.05) is 41.9 Å². The molecule has 0 aliphatic heterocycles. The number of carbonyl (C=O) groups excluding carboxylic acids is 1. The lowest BCUT2D eigenvalue weighted by Gasteiger charge is -2.14. The second-order valence-electron chi connectivity index (χ2n) is 4.40. The fraction of sp³-hybridized carbons (Fsp3) is 0.188. The highest BCUT2D eigenvalue weighted by atomic mass is 35.5. The Labute approximate surface area is 118 Å². The summed E-state index contributed by atoms with van der Waals surface area (Å²) in [5, 5.41) is 0.493. The Kier molecular flexibility index (Phi) is 3.91. The Morgan fingerprint density at radius 2 is 1.79 bits per heavy atom. The highest BCUT2D eigenvalue weighted by molar-refractivity contribution is 6.33. The Bertz CT molecular complexity index is 618. The molecule has 0 bridgehead atoms. The molecule has 0 aromatic heterocycles. The molecule has 0 unspecified atom stereocenters. The molecule has 0 heterocycles. The van der Waals surface area contributed by atoms with Crippen LogP contribution >= 0.6 is 11.6 Å². The quantitative estimate of drug-likeness (QED) is 0.784. The number of hydrogen-bond donors (Lipinski definition) is 0. The van der Waals surface area contributed by atoms with E-state index in [1.807, 2.05) is 32.0 Å². The molecule has 0 atom stereocenters. The molecule has 0 fully saturated rings. The van der Waals surface area contributed by atoms with E-state index in [0.717, 1.165) is 11.1 Å². The second-order valence-corrected chi connectivity index (χ2v) is 4.78. The van der Waals surface area contributed by atoms with Crippen LogP contribution in [0.1, 0.15) is 27.0 Å². The molecule has 19 heavy (non-hydrogen) atoms. The zero-order valence-electron chi connectivity index (χ0n) is 11.2. The molecule has 0 aliphatic rings. The summed E-state index contributed by atoms with van der Waals surface area (Å²) in [6.07, 6.45) is 0. The van der Waals surface area contributed by atoms with E-state index in [0.29, 0.717) is 21.9 Å². The first-order chi connectivity index (χ1) is 9.06. The summed E-state index contributed by atoms with van der Waals surface area (Å²) in [5.41, 5.74) is 2.94. The SMILES string of the molecule is COc1cc(C)c(C(=O)c2ccccc2)c(C)c1Cl. The van der Waals surface area contributed by atoms with Crippen molar-refractivity contribution >= 4 is 17.4 Å². The van der Waals surface area contributed by atoms with Crippen molar-refractivity contribution in [2.75, 3.05) is 7.11 Å². The van der Waals surface area contributed by atoms with E-state index in [4.69, 9.17) is 16.3 Å². The Balaban J connectivity index is 2.58. The molecule has 2 aromatic rings. The predicted octanol–water partition coefficient (Wildman–Crippen LogP) is 4.20. The van der Waals surface area contributed by atoms with E-state index in [-0.39, 0.29) is 5.78 Å². The standard InChI is InChI=1S/C16H15ClO2/c1-10-9-13(19-3)15(17)11(2)14(10)16(18)12-7-5-4-6-8-12/h4-9H,1-3H3. The molecule has 98 valence electrons. The van der Waals surface area contributed by atoms with Crippen LogP contribution in [0.3, 0.4) is 0 Å². The van der Waals surface area contributed by atoms with Gasteiger partial charge in [-0.25, -0.2) is 0 Å². The van der Waals surface area contributed by atoms with Gasteiger partial charge in [0.1, 0.15) is 5.75 Å². The molecule has 0 radical (unpaired) electrons. The molecular formula is C16H15ClO2. The third-order valence-corrected chi connectivity index (χ3v) is 3.62. The third kappa shape index (κ3) is 2.49. The third-order valence-electron chi connectivity index (χ3n) is 3.15. The average molecular weight is 275 g/mol. The van der Waals surface area contributed by atoms with E-state index in [2.05, 4.69) is 0 Å². The second kappa shape index (κ2) is 5.45. The lowest BCUT2D eigenvalue weighted by Crippen LogP contribution is -2.07. The largest absolute Gasteiger partial charge is 0.495 e. The summed E-state index contributed by atoms with van der Waals surface area (Å²) in [4.78, 5) is 12.5. The topological polar surface area (TPSA) is 26.3 Å². The smallest absolute Gasteiger partial charge is 0.193 e. The molecule has 2 nitrogen and oxygen atoms in total. The normalized spacial score (nSPS) is 10.3. The van der Waals surface area contributed by atoms with Crippen LogP contribution in [0.15, 0.2) is 36.4 Å². The van der Waals surface area contributed by atoms with Crippen LogP contribution in [-0.4, -0.2) is 12.9 Å². The lowest BCUT2D eigenvalue weighted by atomic mass is 9.94. The van der Waals surface area contributed by atoms with Gasteiger partial charge in [0, 0.05) is 11.1 Å². The van der Waals surface area contributed by atoms with Crippen molar-refractivity contribution in [3.05, 3.63) is 63.7 Å². The number of benzene rings is 2. The number of hydrogen-bond acceptors (Lipinski definition) is 2. The van der Waals surface area contributed by atoms with E-state index < -0.39 is 0 Å². The van der Waals surface area contributed by atoms with Crippen molar-refractivity contribution in [3.8, 4) is 5.75 Å². The Hall–Kier alpha value is -1.80. The van der Waals surface area contributed by atoms with Gasteiger partial charge in [-0.2, -0.15) is 0 Å². The van der Waals surface area contributed by atoms with Gasteiger partial charge in [-0.05, 0) is 31.0 Å². The number of ether oxygens (including phenoxy) is 1. The fourth-order valence-corrected chi connectivity index (χ4v) is 2.38. The van der Waals surface area contributed by atoms with E-state index in [9.17, 15) is 4.79 Å². The van der Waals surface area contributed by atoms with Crippen LogP contribution in [0.25, 0.3) is 0 Å². The van der Waals surface area contributed by atoms with Gasteiger partial charge in [0.25, 0.3) is 0 Å². The number of ketones is 1. The summed E-state index contributed by atoms with van der Waals surface area (Å²) in [7, 11) is 1.57. The van der Waals surface area contributed by atoms with Crippen LogP contribution in [0.5, 0.6) is 5.75 Å². The van der Waals surface area contributed by atoms with Gasteiger partial charge in [-0.15, -0.1) is 0 Å². The average Bonchev–Trinajstić information content (AvgIpc) is 2.43. The van der Waals surface area contributed by atoms with Crippen LogP contribution in [0.2, 0.25) is 5.02 Å². The molecule has 0 amide bonds. The highest BCUT2D eigenvalue weighted by Crippen LogP contribution is 2.33.